The Morgan fingerprint density at radius 2 is 1.70 bits per heavy atom. The molecule has 6 nitrogen and oxygen atoms in total. The molecule has 0 saturated carbocycles. The van der Waals surface area contributed by atoms with Gasteiger partial charge < -0.3 is 9.47 Å². The second-order valence-electron chi connectivity index (χ2n) is 8.33. The number of carbonyl (C=O) groups excluding carboxylic acids is 2. The van der Waals surface area contributed by atoms with E-state index < -0.39 is 5.97 Å². The Morgan fingerprint density at radius 3 is 2.39 bits per heavy atom. The Kier molecular flexibility index (Phi) is 8.01. The van der Waals surface area contributed by atoms with E-state index in [0.29, 0.717) is 22.6 Å². The van der Waals surface area contributed by atoms with Crippen molar-refractivity contribution in [2.24, 2.45) is 5.10 Å². The lowest BCUT2D eigenvalue weighted by molar-refractivity contribution is -0.123. The van der Waals surface area contributed by atoms with Crippen LogP contribution in [0, 0.1) is 0 Å². The Balaban J connectivity index is 1.49. The average molecular weight is 509 g/mol. The summed E-state index contributed by atoms with van der Waals surface area (Å²) in [6, 6.07) is 21.5. The third-order valence-corrected chi connectivity index (χ3v) is 5.12. The second-order valence-corrected chi connectivity index (χ2v) is 9.24. The number of halogens is 1. The van der Waals surface area contributed by atoms with Crippen molar-refractivity contribution in [3.05, 3.63) is 94.0 Å². The van der Waals surface area contributed by atoms with Gasteiger partial charge in [0, 0.05) is 4.47 Å². The molecular formula is C26H25BrN2O4. The van der Waals surface area contributed by atoms with Gasteiger partial charge >= 0.3 is 5.97 Å². The number of ether oxygens (including phenoxy) is 2. The first-order valence-corrected chi connectivity index (χ1v) is 11.1. The molecule has 0 aliphatic carbocycles. The monoisotopic (exact) mass is 508 g/mol. The van der Waals surface area contributed by atoms with Gasteiger partial charge in [0.05, 0.1) is 11.8 Å². The number of hydrogen-bond acceptors (Lipinski definition) is 5. The quantitative estimate of drug-likeness (QED) is 0.198. The fourth-order valence-corrected chi connectivity index (χ4v) is 3.25. The molecule has 0 aromatic heterocycles. The fraction of sp³-hybridized carbons (Fsp3) is 0.192. The van der Waals surface area contributed by atoms with Gasteiger partial charge in [-0.15, -0.1) is 0 Å². The Morgan fingerprint density at radius 1 is 0.970 bits per heavy atom. The van der Waals surface area contributed by atoms with Gasteiger partial charge in [0.25, 0.3) is 5.91 Å². The molecule has 0 unspecified atom stereocenters. The lowest BCUT2D eigenvalue weighted by atomic mass is 9.87. The molecule has 3 aromatic rings. The van der Waals surface area contributed by atoms with E-state index in [2.05, 4.69) is 47.2 Å². The largest absolute Gasteiger partial charge is 0.484 e. The summed E-state index contributed by atoms with van der Waals surface area (Å²) >= 11 is 3.33. The molecule has 0 atom stereocenters. The van der Waals surface area contributed by atoms with Crippen LogP contribution in [0.3, 0.4) is 0 Å². The van der Waals surface area contributed by atoms with Crippen molar-refractivity contribution in [2.45, 2.75) is 26.2 Å². The molecule has 33 heavy (non-hydrogen) atoms. The topological polar surface area (TPSA) is 77.0 Å². The zero-order valence-electron chi connectivity index (χ0n) is 18.7. The summed E-state index contributed by atoms with van der Waals surface area (Å²) in [6.45, 7) is 6.25. The summed E-state index contributed by atoms with van der Waals surface area (Å²) in [5.74, 6) is 0.133. The van der Waals surface area contributed by atoms with Crippen LogP contribution in [-0.2, 0) is 10.2 Å². The highest BCUT2D eigenvalue weighted by Crippen LogP contribution is 2.24. The first-order valence-electron chi connectivity index (χ1n) is 10.3. The Labute approximate surface area is 201 Å². The predicted octanol–water partition coefficient (Wildman–Crippen LogP) is 5.49. The van der Waals surface area contributed by atoms with E-state index in [1.165, 1.54) is 11.8 Å². The Bertz CT molecular complexity index is 1150. The van der Waals surface area contributed by atoms with Crippen molar-refractivity contribution in [1.29, 1.82) is 0 Å². The number of nitrogens with one attached hydrogen (secondary N) is 1. The summed E-state index contributed by atoms with van der Waals surface area (Å²) in [7, 11) is 0. The summed E-state index contributed by atoms with van der Waals surface area (Å²) in [5.41, 5.74) is 4.76. The van der Waals surface area contributed by atoms with Crippen molar-refractivity contribution in [1.82, 2.24) is 5.43 Å². The standard InChI is InChI=1S/C26H25BrN2O4/c1-26(2,3)20-10-12-22(13-11-20)32-17-24(30)29-28-16-18-6-4-9-23(14-18)33-25(31)19-7-5-8-21(27)15-19/h4-16H,17H2,1-3H3,(H,29,30)/b28-16+. The molecule has 0 spiro atoms. The number of amides is 1. The Hall–Kier alpha value is -3.45. The van der Waals surface area contributed by atoms with Crippen LogP contribution in [0.25, 0.3) is 0 Å². The number of nitrogens with zero attached hydrogens (tertiary/aromatic N) is 1. The minimum Gasteiger partial charge on any atom is -0.484 e. The molecule has 0 aliphatic rings. The van der Waals surface area contributed by atoms with E-state index in [9.17, 15) is 9.59 Å². The van der Waals surface area contributed by atoms with E-state index >= 15 is 0 Å². The van der Waals surface area contributed by atoms with Gasteiger partial charge in [-0.25, -0.2) is 10.2 Å². The van der Waals surface area contributed by atoms with E-state index in [4.69, 9.17) is 9.47 Å². The summed E-state index contributed by atoms with van der Waals surface area (Å²) < 4.78 is 11.7. The van der Waals surface area contributed by atoms with Crippen LogP contribution in [-0.4, -0.2) is 24.7 Å². The lowest BCUT2D eigenvalue weighted by Crippen LogP contribution is -2.24. The molecule has 1 amide bonds. The van der Waals surface area contributed by atoms with E-state index in [0.717, 1.165) is 4.47 Å². The van der Waals surface area contributed by atoms with Crippen LogP contribution in [0.5, 0.6) is 11.5 Å². The van der Waals surface area contributed by atoms with Crippen molar-refractivity contribution in [2.75, 3.05) is 6.61 Å². The summed E-state index contributed by atoms with van der Waals surface area (Å²) in [6.07, 6.45) is 1.46. The molecule has 170 valence electrons. The maximum atomic E-state index is 12.3. The molecule has 3 aromatic carbocycles. The number of hydrogen-bond donors (Lipinski definition) is 1. The van der Waals surface area contributed by atoms with Crippen LogP contribution in [0.15, 0.2) is 82.4 Å². The van der Waals surface area contributed by atoms with E-state index in [1.807, 2.05) is 30.3 Å². The smallest absolute Gasteiger partial charge is 0.343 e. The zero-order chi connectivity index (χ0) is 23.8. The molecule has 0 heterocycles. The van der Waals surface area contributed by atoms with Gasteiger partial charge in [-0.05, 0) is 59.0 Å². The predicted molar refractivity (Wildman–Crippen MR) is 132 cm³/mol. The van der Waals surface area contributed by atoms with Crippen LogP contribution in [0.1, 0.15) is 42.3 Å². The molecule has 0 radical (unpaired) electrons. The number of esters is 1. The van der Waals surface area contributed by atoms with Crippen molar-refractivity contribution >= 4 is 34.0 Å². The van der Waals surface area contributed by atoms with E-state index in [1.54, 1.807) is 42.5 Å². The fourth-order valence-electron chi connectivity index (χ4n) is 2.85. The SMILES string of the molecule is CC(C)(C)c1ccc(OCC(=O)N/N=C/c2cccc(OC(=O)c3cccc(Br)c3)c2)cc1. The normalized spacial score (nSPS) is 11.3. The first kappa shape index (κ1) is 24.2. The van der Waals surface area contributed by atoms with Crippen LogP contribution < -0.4 is 14.9 Å². The molecule has 0 fully saturated rings. The molecule has 0 bridgehead atoms. The van der Waals surface area contributed by atoms with Crippen LogP contribution >= 0.6 is 15.9 Å². The molecule has 1 N–H and O–H groups in total. The molecule has 0 saturated heterocycles. The highest BCUT2D eigenvalue weighted by atomic mass is 79.9. The van der Waals surface area contributed by atoms with Crippen LogP contribution in [0.4, 0.5) is 0 Å². The molecular weight excluding hydrogens is 484 g/mol. The van der Waals surface area contributed by atoms with Crippen molar-refractivity contribution < 1.29 is 19.1 Å². The lowest BCUT2D eigenvalue weighted by Gasteiger charge is -2.19. The maximum Gasteiger partial charge on any atom is 0.343 e. The number of rotatable bonds is 7. The van der Waals surface area contributed by atoms with Gasteiger partial charge in [-0.2, -0.15) is 5.10 Å². The number of benzene rings is 3. The maximum absolute atomic E-state index is 12.3. The molecule has 3 rings (SSSR count). The minimum absolute atomic E-state index is 0.0545. The highest BCUT2D eigenvalue weighted by Gasteiger charge is 2.13. The molecule has 7 heteroatoms. The van der Waals surface area contributed by atoms with Gasteiger partial charge in [0.15, 0.2) is 6.61 Å². The first-order chi connectivity index (χ1) is 15.7. The molecule has 0 aliphatic heterocycles. The van der Waals surface area contributed by atoms with E-state index in [-0.39, 0.29) is 17.9 Å². The number of carbonyl (C=O) groups is 2. The zero-order valence-corrected chi connectivity index (χ0v) is 20.3. The summed E-state index contributed by atoms with van der Waals surface area (Å²) in [5, 5.41) is 3.94. The van der Waals surface area contributed by atoms with Gasteiger partial charge in [-0.3, -0.25) is 4.79 Å². The van der Waals surface area contributed by atoms with Gasteiger partial charge in [0.1, 0.15) is 11.5 Å². The highest BCUT2D eigenvalue weighted by molar-refractivity contribution is 9.10. The van der Waals surface area contributed by atoms with Crippen LogP contribution in [0.2, 0.25) is 0 Å². The third-order valence-electron chi connectivity index (χ3n) is 4.62. The third kappa shape index (κ3) is 7.57. The second kappa shape index (κ2) is 10.9. The van der Waals surface area contributed by atoms with Gasteiger partial charge in [-0.1, -0.05) is 67.0 Å². The van der Waals surface area contributed by atoms with Crippen molar-refractivity contribution in [3.8, 4) is 11.5 Å². The minimum atomic E-state index is -0.466. The van der Waals surface area contributed by atoms with Crippen molar-refractivity contribution in [3.63, 3.8) is 0 Å². The average Bonchev–Trinajstić information content (AvgIpc) is 2.78. The van der Waals surface area contributed by atoms with Gasteiger partial charge in [0.2, 0.25) is 0 Å². The summed E-state index contributed by atoms with van der Waals surface area (Å²) in [4.78, 5) is 24.3. The number of hydrazone groups is 1.